The second-order valence-corrected chi connectivity index (χ2v) is 4.98. The molecule has 0 aromatic heterocycles. The van der Waals surface area contributed by atoms with Crippen molar-refractivity contribution >= 4 is 23.6 Å². The molecule has 2 aromatic carbocycles. The Labute approximate surface area is 149 Å². The molecule has 0 heterocycles. The average molecular weight is 359 g/mol. The van der Waals surface area contributed by atoms with Crippen LogP contribution in [0.5, 0.6) is 11.5 Å². The van der Waals surface area contributed by atoms with Crippen LogP contribution < -0.4 is 14.9 Å². The summed E-state index contributed by atoms with van der Waals surface area (Å²) in [6.07, 6.45) is 1.32. The quantitative estimate of drug-likeness (QED) is 0.421. The minimum Gasteiger partial charge on any atom is -0.493 e. The van der Waals surface area contributed by atoms with Crippen LogP contribution in [0.25, 0.3) is 0 Å². The fourth-order valence-electron chi connectivity index (χ4n) is 2.20. The Hall–Kier alpha value is -3.62. The van der Waals surface area contributed by atoms with Gasteiger partial charge in [-0.2, -0.15) is 5.10 Å². The molecule has 0 radical (unpaired) electrons. The number of nitrogens with zero attached hydrogens (tertiary/aromatic N) is 2. The van der Waals surface area contributed by atoms with Gasteiger partial charge >= 0.3 is 11.7 Å². The van der Waals surface area contributed by atoms with Crippen molar-refractivity contribution in [2.24, 2.45) is 5.10 Å². The second kappa shape index (κ2) is 8.47. The number of hydrazone groups is 1. The van der Waals surface area contributed by atoms with Gasteiger partial charge in [-0.3, -0.25) is 15.5 Å². The zero-order valence-electron chi connectivity index (χ0n) is 14.1. The van der Waals surface area contributed by atoms with Gasteiger partial charge in [-0.25, -0.2) is 4.79 Å². The van der Waals surface area contributed by atoms with Crippen molar-refractivity contribution in [3.8, 4) is 11.5 Å². The topological polar surface area (TPSA) is 123 Å². The van der Waals surface area contributed by atoms with E-state index in [1.165, 1.54) is 31.5 Å². The molecule has 0 aliphatic rings. The number of nitro benzene ring substituents is 1. The Balaban J connectivity index is 2.32. The number of carboxylic acid groups (broad SMARTS) is 1. The summed E-state index contributed by atoms with van der Waals surface area (Å²) < 4.78 is 10.5. The van der Waals surface area contributed by atoms with E-state index in [1.54, 1.807) is 25.1 Å². The molecule has 26 heavy (non-hydrogen) atoms. The summed E-state index contributed by atoms with van der Waals surface area (Å²) >= 11 is 0. The molecular weight excluding hydrogens is 342 g/mol. The first-order chi connectivity index (χ1) is 12.5. The number of methoxy groups -OCH3 is 1. The molecule has 0 amide bonds. The highest BCUT2D eigenvalue weighted by atomic mass is 16.6. The molecule has 2 rings (SSSR count). The van der Waals surface area contributed by atoms with E-state index in [0.29, 0.717) is 11.3 Å². The largest absolute Gasteiger partial charge is 0.493 e. The van der Waals surface area contributed by atoms with E-state index in [0.717, 1.165) is 0 Å². The SMILES string of the molecule is CCOc1c(OC)cc(C=NNc2ccccc2C(=O)O)cc1[N+](=O)[O-]. The van der Waals surface area contributed by atoms with Crippen LogP contribution in [0, 0.1) is 10.1 Å². The van der Waals surface area contributed by atoms with E-state index in [1.807, 2.05) is 0 Å². The third-order valence-electron chi connectivity index (χ3n) is 3.32. The van der Waals surface area contributed by atoms with Crippen LogP contribution in [-0.2, 0) is 0 Å². The number of nitro groups is 1. The van der Waals surface area contributed by atoms with E-state index >= 15 is 0 Å². The number of para-hydroxylation sites is 1. The highest BCUT2D eigenvalue weighted by molar-refractivity contribution is 5.94. The van der Waals surface area contributed by atoms with Crippen molar-refractivity contribution in [2.75, 3.05) is 19.1 Å². The smallest absolute Gasteiger partial charge is 0.337 e. The molecule has 0 atom stereocenters. The van der Waals surface area contributed by atoms with E-state index in [2.05, 4.69) is 10.5 Å². The number of anilines is 1. The molecule has 2 N–H and O–H groups in total. The summed E-state index contributed by atoms with van der Waals surface area (Å²) in [6, 6.07) is 9.08. The third-order valence-corrected chi connectivity index (χ3v) is 3.32. The predicted octanol–water partition coefficient (Wildman–Crippen LogP) is 3.15. The molecule has 9 nitrogen and oxygen atoms in total. The van der Waals surface area contributed by atoms with E-state index in [9.17, 15) is 14.9 Å². The number of nitrogens with one attached hydrogen (secondary N) is 1. The standard InChI is InChI=1S/C17H17N3O6/c1-3-26-16-14(20(23)24)8-11(9-15(16)25-2)10-18-19-13-7-5-4-6-12(13)17(21)22/h4-10,19H,3H2,1-2H3,(H,21,22). The van der Waals surface area contributed by atoms with Crippen LogP contribution in [0.15, 0.2) is 41.5 Å². The van der Waals surface area contributed by atoms with Crippen molar-refractivity contribution in [3.05, 3.63) is 57.6 Å². The summed E-state index contributed by atoms with van der Waals surface area (Å²) in [5, 5.41) is 24.4. The molecule has 0 bridgehead atoms. The van der Waals surface area contributed by atoms with E-state index < -0.39 is 10.9 Å². The molecular formula is C17H17N3O6. The molecule has 0 saturated heterocycles. The zero-order chi connectivity index (χ0) is 19.1. The number of hydrogen-bond acceptors (Lipinski definition) is 7. The Morgan fingerprint density at radius 2 is 2.12 bits per heavy atom. The first-order valence-corrected chi connectivity index (χ1v) is 7.58. The lowest BCUT2D eigenvalue weighted by molar-refractivity contribution is -0.385. The predicted molar refractivity (Wildman–Crippen MR) is 95.4 cm³/mol. The average Bonchev–Trinajstić information content (AvgIpc) is 2.62. The van der Waals surface area contributed by atoms with Gasteiger partial charge in [0, 0.05) is 11.6 Å². The van der Waals surface area contributed by atoms with Crippen LogP contribution in [0.1, 0.15) is 22.8 Å². The zero-order valence-corrected chi connectivity index (χ0v) is 14.1. The maximum absolute atomic E-state index is 11.3. The molecule has 0 unspecified atom stereocenters. The van der Waals surface area contributed by atoms with Crippen molar-refractivity contribution < 1.29 is 24.3 Å². The number of hydrogen-bond donors (Lipinski definition) is 2. The lowest BCUT2D eigenvalue weighted by Gasteiger charge is -2.10. The molecule has 136 valence electrons. The first-order valence-electron chi connectivity index (χ1n) is 7.58. The van der Waals surface area contributed by atoms with E-state index in [-0.39, 0.29) is 29.4 Å². The third kappa shape index (κ3) is 4.26. The number of rotatable bonds is 8. The molecule has 0 spiro atoms. The fourth-order valence-corrected chi connectivity index (χ4v) is 2.20. The lowest BCUT2D eigenvalue weighted by Crippen LogP contribution is -2.03. The molecule has 0 aliphatic carbocycles. The van der Waals surface area contributed by atoms with Gasteiger partial charge in [0.25, 0.3) is 0 Å². The lowest BCUT2D eigenvalue weighted by atomic mass is 10.2. The van der Waals surface area contributed by atoms with Gasteiger partial charge in [0.15, 0.2) is 5.75 Å². The van der Waals surface area contributed by atoms with Gasteiger partial charge in [-0.1, -0.05) is 12.1 Å². The summed E-state index contributed by atoms with van der Waals surface area (Å²) in [6.45, 7) is 1.96. The molecule has 0 aliphatic heterocycles. The van der Waals surface area contributed by atoms with Crippen molar-refractivity contribution in [3.63, 3.8) is 0 Å². The minimum atomic E-state index is -1.10. The number of benzene rings is 2. The number of carbonyl (C=O) groups is 1. The van der Waals surface area contributed by atoms with Crippen LogP contribution in [0.3, 0.4) is 0 Å². The summed E-state index contributed by atoms with van der Waals surface area (Å²) in [5.74, 6) is -0.851. The number of aromatic carboxylic acids is 1. The summed E-state index contributed by atoms with van der Waals surface area (Å²) in [7, 11) is 1.38. The minimum absolute atomic E-state index is 0.0429. The Bertz CT molecular complexity index is 850. The number of carboxylic acids is 1. The molecule has 2 aromatic rings. The van der Waals surface area contributed by atoms with Crippen molar-refractivity contribution in [1.29, 1.82) is 0 Å². The molecule has 9 heteroatoms. The van der Waals surface area contributed by atoms with Gasteiger partial charge in [0.1, 0.15) is 0 Å². The van der Waals surface area contributed by atoms with Gasteiger partial charge < -0.3 is 14.6 Å². The second-order valence-electron chi connectivity index (χ2n) is 4.98. The number of ether oxygens (including phenoxy) is 2. The maximum Gasteiger partial charge on any atom is 0.337 e. The van der Waals surface area contributed by atoms with Crippen LogP contribution in [-0.4, -0.2) is 35.9 Å². The van der Waals surface area contributed by atoms with Crippen molar-refractivity contribution in [1.82, 2.24) is 0 Å². The normalized spacial score (nSPS) is 10.5. The highest BCUT2D eigenvalue weighted by Gasteiger charge is 2.21. The van der Waals surface area contributed by atoms with Crippen LogP contribution in [0.2, 0.25) is 0 Å². The van der Waals surface area contributed by atoms with Gasteiger partial charge in [-0.05, 0) is 25.1 Å². The Kier molecular flexibility index (Phi) is 6.10. The van der Waals surface area contributed by atoms with Gasteiger partial charge in [0.2, 0.25) is 5.75 Å². The summed E-state index contributed by atoms with van der Waals surface area (Å²) in [5.41, 5.74) is 3.10. The Morgan fingerprint density at radius 1 is 1.38 bits per heavy atom. The summed E-state index contributed by atoms with van der Waals surface area (Å²) in [4.78, 5) is 21.9. The van der Waals surface area contributed by atoms with Crippen molar-refractivity contribution in [2.45, 2.75) is 6.92 Å². The van der Waals surface area contributed by atoms with Gasteiger partial charge in [-0.15, -0.1) is 0 Å². The molecule has 0 saturated carbocycles. The maximum atomic E-state index is 11.3. The fraction of sp³-hybridized carbons (Fsp3) is 0.176. The monoisotopic (exact) mass is 359 g/mol. The van der Waals surface area contributed by atoms with E-state index in [4.69, 9.17) is 14.6 Å². The molecule has 0 fully saturated rings. The highest BCUT2D eigenvalue weighted by Crippen LogP contribution is 2.37. The van der Waals surface area contributed by atoms with Crippen LogP contribution in [0.4, 0.5) is 11.4 Å². The van der Waals surface area contributed by atoms with Crippen LogP contribution >= 0.6 is 0 Å². The van der Waals surface area contributed by atoms with Gasteiger partial charge in [0.05, 0.1) is 36.1 Å². The first kappa shape index (κ1) is 18.7. The Morgan fingerprint density at radius 3 is 2.73 bits per heavy atom.